The Labute approximate surface area is 117 Å². The molecule has 112 valence electrons. The Morgan fingerprint density at radius 2 is 2.05 bits per heavy atom. The number of rotatable bonds is 9. The Hall–Kier alpha value is -1.53. The number of nitrogens with zero attached hydrogens (tertiary/aromatic N) is 1. The number of ether oxygens (including phenoxy) is 1. The summed E-state index contributed by atoms with van der Waals surface area (Å²) in [5, 5.41) is 2.86. The molecule has 0 saturated carbocycles. The summed E-state index contributed by atoms with van der Waals surface area (Å²) in [6, 6.07) is 9.09. The lowest BCUT2D eigenvalue weighted by Gasteiger charge is -2.22. The largest absolute Gasteiger partial charge is 0.383 e. The summed E-state index contributed by atoms with van der Waals surface area (Å²) in [5.41, 5.74) is 0.832. The quantitative estimate of drug-likeness (QED) is 0.700. The molecular weight excluding hydrogens is 266 g/mol. The molecule has 0 heterocycles. The predicted molar refractivity (Wildman–Crippen MR) is 72.6 cm³/mol. The standard InChI is InChI=1S/C14H20F2N2O2/c1-20-8-7-17-9-14(19)18(11-13(15)16)10-12-5-3-2-4-6-12/h2-6,13,17H,7-11H2,1H3. The van der Waals surface area contributed by atoms with Crippen molar-refractivity contribution < 1.29 is 18.3 Å². The fraction of sp³-hybridized carbons (Fsp3) is 0.500. The van der Waals surface area contributed by atoms with Gasteiger partial charge in [-0.1, -0.05) is 30.3 Å². The fourth-order valence-corrected chi connectivity index (χ4v) is 1.71. The normalized spacial score (nSPS) is 10.8. The van der Waals surface area contributed by atoms with E-state index in [0.717, 1.165) is 5.56 Å². The van der Waals surface area contributed by atoms with E-state index < -0.39 is 13.0 Å². The van der Waals surface area contributed by atoms with Gasteiger partial charge in [-0.2, -0.15) is 0 Å². The molecule has 0 spiro atoms. The SMILES string of the molecule is COCCNCC(=O)N(Cc1ccccc1)CC(F)F. The van der Waals surface area contributed by atoms with E-state index in [0.29, 0.717) is 13.2 Å². The van der Waals surface area contributed by atoms with Crippen LogP contribution in [-0.2, 0) is 16.1 Å². The lowest BCUT2D eigenvalue weighted by molar-refractivity contribution is -0.132. The highest BCUT2D eigenvalue weighted by Crippen LogP contribution is 2.07. The van der Waals surface area contributed by atoms with E-state index >= 15 is 0 Å². The molecule has 0 fully saturated rings. The van der Waals surface area contributed by atoms with Crippen molar-refractivity contribution in [2.75, 3.05) is 33.4 Å². The third kappa shape index (κ3) is 6.58. The molecule has 0 aliphatic carbocycles. The van der Waals surface area contributed by atoms with E-state index in [-0.39, 0.29) is 19.0 Å². The van der Waals surface area contributed by atoms with E-state index in [1.807, 2.05) is 30.3 Å². The minimum absolute atomic E-state index is 0.0307. The van der Waals surface area contributed by atoms with Crippen LogP contribution in [-0.4, -0.2) is 50.6 Å². The van der Waals surface area contributed by atoms with Crippen LogP contribution in [0.15, 0.2) is 30.3 Å². The Bertz CT molecular complexity index is 388. The molecule has 0 saturated heterocycles. The van der Waals surface area contributed by atoms with Crippen LogP contribution in [0.3, 0.4) is 0 Å². The summed E-state index contributed by atoms with van der Waals surface area (Å²) in [4.78, 5) is 13.1. The maximum atomic E-state index is 12.6. The first kappa shape index (κ1) is 16.5. The molecule has 1 rings (SSSR count). The molecular formula is C14H20F2N2O2. The van der Waals surface area contributed by atoms with Gasteiger partial charge in [0.05, 0.1) is 19.7 Å². The van der Waals surface area contributed by atoms with Gasteiger partial charge in [0.1, 0.15) is 0 Å². The van der Waals surface area contributed by atoms with Crippen LogP contribution in [0.2, 0.25) is 0 Å². The molecule has 0 aliphatic rings. The highest BCUT2D eigenvalue weighted by atomic mass is 19.3. The van der Waals surface area contributed by atoms with Crippen LogP contribution >= 0.6 is 0 Å². The van der Waals surface area contributed by atoms with Crippen molar-refractivity contribution in [1.82, 2.24) is 10.2 Å². The summed E-state index contributed by atoms with van der Waals surface area (Å²) >= 11 is 0. The third-order valence-corrected chi connectivity index (χ3v) is 2.69. The number of amides is 1. The van der Waals surface area contributed by atoms with Gasteiger partial charge in [-0.15, -0.1) is 0 Å². The van der Waals surface area contributed by atoms with E-state index in [9.17, 15) is 13.6 Å². The molecule has 0 radical (unpaired) electrons. The second kappa shape index (κ2) is 9.39. The fourth-order valence-electron chi connectivity index (χ4n) is 1.71. The zero-order valence-electron chi connectivity index (χ0n) is 11.5. The first-order chi connectivity index (χ1) is 9.63. The van der Waals surface area contributed by atoms with E-state index in [4.69, 9.17) is 4.74 Å². The minimum Gasteiger partial charge on any atom is -0.383 e. The van der Waals surface area contributed by atoms with Crippen molar-refractivity contribution in [3.05, 3.63) is 35.9 Å². The summed E-state index contributed by atoms with van der Waals surface area (Å²) in [5.74, 6) is -0.342. The number of nitrogens with one attached hydrogen (secondary N) is 1. The van der Waals surface area contributed by atoms with Gasteiger partial charge in [-0.3, -0.25) is 4.79 Å². The molecule has 0 bridgehead atoms. The molecule has 0 aromatic heterocycles. The van der Waals surface area contributed by atoms with Gasteiger partial charge in [0.15, 0.2) is 0 Å². The lowest BCUT2D eigenvalue weighted by Crippen LogP contribution is -2.41. The maximum absolute atomic E-state index is 12.6. The van der Waals surface area contributed by atoms with Gasteiger partial charge in [0.25, 0.3) is 6.43 Å². The molecule has 0 unspecified atom stereocenters. The molecule has 20 heavy (non-hydrogen) atoms. The Kier molecular flexibility index (Phi) is 7.75. The summed E-state index contributed by atoms with van der Waals surface area (Å²) < 4.78 is 30.0. The number of hydrogen-bond acceptors (Lipinski definition) is 3. The van der Waals surface area contributed by atoms with E-state index in [2.05, 4.69) is 5.32 Å². The monoisotopic (exact) mass is 286 g/mol. The van der Waals surface area contributed by atoms with Crippen LogP contribution in [0, 0.1) is 0 Å². The van der Waals surface area contributed by atoms with Crippen molar-refractivity contribution >= 4 is 5.91 Å². The molecule has 1 N–H and O–H groups in total. The second-order valence-corrected chi connectivity index (χ2v) is 4.32. The van der Waals surface area contributed by atoms with Crippen LogP contribution in [0.5, 0.6) is 0 Å². The second-order valence-electron chi connectivity index (χ2n) is 4.32. The Balaban J connectivity index is 2.52. The van der Waals surface area contributed by atoms with Crippen molar-refractivity contribution in [3.63, 3.8) is 0 Å². The smallest absolute Gasteiger partial charge is 0.255 e. The third-order valence-electron chi connectivity index (χ3n) is 2.69. The van der Waals surface area contributed by atoms with Gasteiger partial charge < -0.3 is 15.0 Å². The van der Waals surface area contributed by atoms with Gasteiger partial charge in [-0.05, 0) is 5.56 Å². The average Bonchev–Trinajstić information content (AvgIpc) is 2.43. The number of methoxy groups -OCH3 is 1. The van der Waals surface area contributed by atoms with Crippen molar-refractivity contribution in [2.24, 2.45) is 0 Å². The molecule has 1 aromatic rings. The first-order valence-electron chi connectivity index (χ1n) is 6.43. The van der Waals surface area contributed by atoms with Gasteiger partial charge >= 0.3 is 0 Å². The lowest BCUT2D eigenvalue weighted by atomic mass is 10.2. The first-order valence-corrected chi connectivity index (χ1v) is 6.43. The van der Waals surface area contributed by atoms with Crippen LogP contribution in [0.25, 0.3) is 0 Å². The molecule has 1 amide bonds. The molecule has 4 nitrogen and oxygen atoms in total. The number of carbonyl (C=O) groups excluding carboxylic acids is 1. The molecule has 1 aromatic carbocycles. The predicted octanol–water partition coefficient (Wildman–Crippen LogP) is 1.52. The highest BCUT2D eigenvalue weighted by Gasteiger charge is 2.18. The number of halogens is 2. The van der Waals surface area contributed by atoms with Crippen LogP contribution < -0.4 is 5.32 Å². The van der Waals surface area contributed by atoms with Gasteiger partial charge in [0, 0.05) is 20.2 Å². The summed E-state index contributed by atoms with van der Waals surface area (Å²) in [6.45, 7) is 0.648. The number of benzene rings is 1. The van der Waals surface area contributed by atoms with Gasteiger partial charge in [-0.25, -0.2) is 8.78 Å². The van der Waals surface area contributed by atoms with Crippen LogP contribution in [0.1, 0.15) is 5.56 Å². The minimum atomic E-state index is -2.54. The average molecular weight is 286 g/mol. The summed E-state index contributed by atoms with van der Waals surface area (Å²) in [6.07, 6.45) is -2.54. The van der Waals surface area contributed by atoms with Crippen molar-refractivity contribution in [1.29, 1.82) is 0 Å². The maximum Gasteiger partial charge on any atom is 0.255 e. The van der Waals surface area contributed by atoms with E-state index in [1.54, 1.807) is 7.11 Å². The molecule has 0 aliphatic heterocycles. The highest BCUT2D eigenvalue weighted by molar-refractivity contribution is 5.78. The van der Waals surface area contributed by atoms with Crippen molar-refractivity contribution in [2.45, 2.75) is 13.0 Å². The Morgan fingerprint density at radius 3 is 2.65 bits per heavy atom. The summed E-state index contributed by atoms with van der Waals surface area (Å²) in [7, 11) is 1.56. The number of alkyl halides is 2. The van der Waals surface area contributed by atoms with Gasteiger partial charge in [0.2, 0.25) is 5.91 Å². The number of carbonyl (C=O) groups is 1. The molecule has 0 atom stereocenters. The van der Waals surface area contributed by atoms with Crippen LogP contribution in [0.4, 0.5) is 8.78 Å². The van der Waals surface area contributed by atoms with Crippen molar-refractivity contribution in [3.8, 4) is 0 Å². The Morgan fingerprint density at radius 1 is 1.35 bits per heavy atom. The van der Waals surface area contributed by atoms with E-state index in [1.165, 1.54) is 4.90 Å². The topological polar surface area (TPSA) is 41.6 Å². The molecule has 6 heteroatoms. The number of hydrogen-bond donors (Lipinski definition) is 1. The zero-order valence-corrected chi connectivity index (χ0v) is 11.5. The zero-order chi connectivity index (χ0) is 14.8.